The van der Waals surface area contributed by atoms with E-state index in [-0.39, 0.29) is 27.6 Å². The zero-order valence-corrected chi connectivity index (χ0v) is 17.1. The number of benzene rings is 3. The fourth-order valence-electron chi connectivity index (χ4n) is 4.04. The van der Waals surface area contributed by atoms with Crippen LogP contribution in [0, 0.1) is 17.3 Å². The van der Waals surface area contributed by atoms with Crippen molar-refractivity contribution in [3.8, 4) is 0 Å². The molecule has 28 heavy (non-hydrogen) atoms. The number of allylic oxidation sites excluding steroid dienone is 1. The van der Waals surface area contributed by atoms with Gasteiger partial charge in [-0.05, 0) is 45.0 Å². The number of hydrogen-bond acceptors (Lipinski definition) is 2. The molecule has 0 bridgehead atoms. The van der Waals surface area contributed by atoms with E-state index in [9.17, 15) is 4.79 Å². The first kappa shape index (κ1) is 19.0. The van der Waals surface area contributed by atoms with Crippen molar-refractivity contribution < 1.29 is 4.79 Å². The number of carbonyl (C=O) groups excluding carboxylic acids is 1. The summed E-state index contributed by atoms with van der Waals surface area (Å²) >= 11 is 11.5. The van der Waals surface area contributed by atoms with Gasteiger partial charge in [0.25, 0.3) is 0 Å². The molecule has 0 aliphatic heterocycles. The number of carbonyl (C=O) groups is 1. The maximum atomic E-state index is 12.6. The summed E-state index contributed by atoms with van der Waals surface area (Å²) < 4.78 is 0.194. The predicted octanol–water partition coefficient (Wildman–Crippen LogP) is 6.03. The molecule has 1 N–H and O–H groups in total. The van der Waals surface area contributed by atoms with E-state index < -0.39 is 0 Å². The summed E-state index contributed by atoms with van der Waals surface area (Å²) in [6, 6.07) is 18.5. The van der Waals surface area contributed by atoms with E-state index in [2.05, 4.69) is 40.9 Å². The van der Waals surface area contributed by atoms with Gasteiger partial charge in [0.05, 0.1) is 12.1 Å². The lowest BCUT2D eigenvalue weighted by molar-refractivity contribution is -0.123. The second-order valence-electron chi connectivity index (χ2n) is 7.75. The lowest BCUT2D eigenvalue weighted by Crippen LogP contribution is -2.22. The summed E-state index contributed by atoms with van der Waals surface area (Å²) in [5, 5.41) is 8.74. The molecule has 0 unspecified atom stereocenters. The first-order valence-electron chi connectivity index (χ1n) is 9.16. The summed E-state index contributed by atoms with van der Waals surface area (Å²) in [5.41, 5.74) is 3.51. The third kappa shape index (κ3) is 3.41. The fraction of sp³-hybridized carbons (Fsp3) is 0.217. The van der Waals surface area contributed by atoms with Gasteiger partial charge in [0.2, 0.25) is 5.91 Å². The van der Waals surface area contributed by atoms with Crippen molar-refractivity contribution in [3.63, 3.8) is 0 Å². The quantitative estimate of drug-likeness (QED) is 0.318. The highest BCUT2D eigenvalue weighted by atomic mass is 35.5. The summed E-state index contributed by atoms with van der Waals surface area (Å²) in [7, 11) is 0. The number of hydrogen-bond donors (Lipinski definition) is 1. The zero-order chi connectivity index (χ0) is 19.9. The van der Waals surface area contributed by atoms with Crippen molar-refractivity contribution in [2.75, 3.05) is 0 Å². The molecule has 1 saturated carbocycles. The van der Waals surface area contributed by atoms with E-state index in [1.807, 2.05) is 38.1 Å². The van der Waals surface area contributed by atoms with Crippen LogP contribution in [0.2, 0.25) is 0 Å². The second kappa shape index (κ2) is 7.23. The van der Waals surface area contributed by atoms with Crippen LogP contribution in [0.5, 0.6) is 0 Å². The Balaban J connectivity index is 1.62. The maximum Gasteiger partial charge on any atom is 0.244 e. The van der Waals surface area contributed by atoms with Gasteiger partial charge in [-0.15, -0.1) is 0 Å². The molecule has 0 radical (unpaired) electrons. The molecule has 3 nitrogen and oxygen atoms in total. The number of hydrazone groups is 1. The Kier molecular flexibility index (Phi) is 4.90. The minimum Gasteiger partial charge on any atom is -0.273 e. The number of nitrogens with zero attached hydrogens (tertiary/aromatic N) is 1. The molecular weight excluding hydrogens is 391 g/mol. The van der Waals surface area contributed by atoms with Gasteiger partial charge in [-0.1, -0.05) is 85.6 Å². The smallest absolute Gasteiger partial charge is 0.244 e. The number of fused-ring (bicyclic) bond motifs is 2. The number of amides is 1. The van der Waals surface area contributed by atoms with Crippen LogP contribution in [0.1, 0.15) is 19.4 Å². The molecule has 3 aromatic rings. The van der Waals surface area contributed by atoms with Gasteiger partial charge in [0, 0.05) is 5.56 Å². The Bertz CT molecular complexity index is 1080. The van der Waals surface area contributed by atoms with E-state index >= 15 is 0 Å². The minimum atomic E-state index is -0.193. The highest BCUT2D eigenvalue weighted by molar-refractivity contribution is 6.55. The van der Waals surface area contributed by atoms with Crippen molar-refractivity contribution in [3.05, 3.63) is 70.7 Å². The SMILES string of the molecule is CC1(C)[C@H](C(=O)N/N=C\c2c3ccccc3cc3ccccc23)[C@@H]1C=C(Cl)Cl. The average Bonchev–Trinajstić information content (AvgIpc) is 3.20. The van der Waals surface area contributed by atoms with Crippen LogP contribution in [0.25, 0.3) is 21.5 Å². The zero-order valence-electron chi connectivity index (χ0n) is 15.6. The molecule has 5 heteroatoms. The van der Waals surface area contributed by atoms with Crippen LogP contribution >= 0.6 is 23.2 Å². The molecule has 1 aliphatic rings. The molecule has 0 heterocycles. The van der Waals surface area contributed by atoms with Crippen molar-refractivity contribution >= 4 is 56.9 Å². The summed E-state index contributed by atoms with van der Waals surface area (Å²) in [5.74, 6) is -0.297. The standard InChI is InChI=1S/C23H20Cl2N2O/c1-23(2)19(12-20(24)25)21(23)22(28)27-26-13-18-16-9-5-3-7-14(16)11-15-8-4-6-10-17(15)18/h3-13,19,21H,1-2H3,(H,27,28)/b26-13-/t19-,21-/m0/s1. The van der Waals surface area contributed by atoms with E-state index in [1.165, 1.54) is 0 Å². The molecule has 0 spiro atoms. The molecule has 3 aromatic carbocycles. The summed E-state index contributed by atoms with van der Waals surface area (Å²) in [6.07, 6.45) is 3.46. The van der Waals surface area contributed by atoms with Gasteiger partial charge in [0.15, 0.2) is 0 Å². The molecule has 142 valence electrons. The largest absolute Gasteiger partial charge is 0.273 e. The molecule has 1 aliphatic carbocycles. The van der Waals surface area contributed by atoms with Crippen molar-refractivity contribution in [2.24, 2.45) is 22.4 Å². The monoisotopic (exact) mass is 410 g/mol. The topological polar surface area (TPSA) is 41.5 Å². The van der Waals surface area contributed by atoms with Gasteiger partial charge in [-0.3, -0.25) is 4.79 Å². The Labute approximate surface area is 174 Å². The highest BCUT2D eigenvalue weighted by Gasteiger charge is 2.60. The van der Waals surface area contributed by atoms with E-state index in [4.69, 9.17) is 23.2 Å². The third-order valence-corrected chi connectivity index (χ3v) is 5.93. The molecule has 1 fully saturated rings. The van der Waals surface area contributed by atoms with E-state index in [1.54, 1.807) is 12.3 Å². The molecule has 0 saturated heterocycles. The molecule has 1 amide bonds. The van der Waals surface area contributed by atoms with E-state index in [0.717, 1.165) is 27.1 Å². The second-order valence-corrected chi connectivity index (χ2v) is 8.76. The number of rotatable bonds is 4. The van der Waals surface area contributed by atoms with Crippen LogP contribution < -0.4 is 5.43 Å². The van der Waals surface area contributed by atoms with Crippen molar-refractivity contribution in [1.29, 1.82) is 0 Å². The van der Waals surface area contributed by atoms with Crippen molar-refractivity contribution in [1.82, 2.24) is 5.43 Å². The van der Waals surface area contributed by atoms with Crippen LogP contribution in [0.3, 0.4) is 0 Å². The van der Waals surface area contributed by atoms with Crippen LogP contribution in [-0.4, -0.2) is 12.1 Å². The fourth-order valence-corrected chi connectivity index (χ4v) is 4.31. The summed E-state index contributed by atoms with van der Waals surface area (Å²) in [6.45, 7) is 4.05. The lowest BCUT2D eigenvalue weighted by atomic mass is 9.97. The van der Waals surface area contributed by atoms with Gasteiger partial charge in [-0.25, -0.2) is 5.43 Å². The lowest BCUT2D eigenvalue weighted by Gasteiger charge is -2.08. The van der Waals surface area contributed by atoms with Crippen molar-refractivity contribution in [2.45, 2.75) is 13.8 Å². The maximum absolute atomic E-state index is 12.6. The number of halogens is 2. The third-order valence-electron chi connectivity index (χ3n) is 5.68. The normalized spacial score (nSPS) is 20.4. The Morgan fingerprint density at radius 2 is 1.61 bits per heavy atom. The highest BCUT2D eigenvalue weighted by Crippen LogP contribution is 2.59. The van der Waals surface area contributed by atoms with E-state index in [0.29, 0.717) is 0 Å². The molecule has 4 rings (SSSR count). The summed E-state index contributed by atoms with van der Waals surface area (Å²) in [4.78, 5) is 12.6. The predicted molar refractivity (Wildman–Crippen MR) is 118 cm³/mol. The van der Waals surface area contributed by atoms with Gasteiger partial charge >= 0.3 is 0 Å². The average molecular weight is 411 g/mol. The van der Waals surface area contributed by atoms with Gasteiger partial charge < -0.3 is 0 Å². The first-order valence-corrected chi connectivity index (χ1v) is 9.91. The van der Waals surface area contributed by atoms with Crippen LogP contribution in [-0.2, 0) is 4.79 Å². The van der Waals surface area contributed by atoms with Gasteiger partial charge in [0.1, 0.15) is 4.49 Å². The molecule has 0 aromatic heterocycles. The van der Waals surface area contributed by atoms with Crippen LogP contribution in [0.4, 0.5) is 0 Å². The Morgan fingerprint density at radius 3 is 2.18 bits per heavy atom. The Hall–Kier alpha value is -2.36. The minimum absolute atomic E-state index is 0.0195. The Morgan fingerprint density at radius 1 is 1.04 bits per heavy atom. The first-order chi connectivity index (χ1) is 13.4. The number of nitrogens with one attached hydrogen (secondary N) is 1. The van der Waals surface area contributed by atoms with Gasteiger partial charge in [-0.2, -0.15) is 5.10 Å². The molecular formula is C23H20Cl2N2O. The van der Waals surface area contributed by atoms with Crippen LogP contribution in [0.15, 0.2) is 70.3 Å². The molecule has 2 atom stereocenters.